The largest absolute Gasteiger partial charge is 0.465 e. The van der Waals surface area contributed by atoms with Crippen LogP contribution in [0.4, 0.5) is 8.78 Å². The van der Waals surface area contributed by atoms with E-state index in [1.54, 1.807) is 24.0 Å². The van der Waals surface area contributed by atoms with E-state index in [1.807, 2.05) is 12.1 Å². The number of nitrogens with zero attached hydrogens (tertiary/aromatic N) is 4. The quantitative estimate of drug-likeness (QED) is 0.288. The third-order valence-corrected chi connectivity index (χ3v) is 6.36. The zero-order chi connectivity index (χ0) is 25.0. The molecule has 1 fully saturated rings. The highest BCUT2D eigenvalue weighted by atomic mass is 19.1. The molecule has 1 aliphatic carbocycles. The Bertz CT molecular complexity index is 1650. The third kappa shape index (κ3) is 3.82. The van der Waals surface area contributed by atoms with Crippen molar-refractivity contribution in [2.24, 2.45) is 7.05 Å². The number of methoxy groups -OCH3 is 1. The maximum Gasteiger partial charge on any atom is 0.338 e. The first-order valence-corrected chi connectivity index (χ1v) is 11.4. The SMILES string of the molecule is COC(=O)c1cc(F)c2oc(-c3cc(-c4ccc(F)cc4-c4nncn4C)cc(C4CC4)c3)nc2c1. The molecule has 2 heterocycles. The van der Waals surface area contributed by atoms with Crippen LogP contribution >= 0.6 is 0 Å². The van der Waals surface area contributed by atoms with Gasteiger partial charge in [0.25, 0.3) is 0 Å². The molecule has 9 heteroatoms. The Kier molecular flexibility index (Phi) is 5.13. The van der Waals surface area contributed by atoms with Crippen LogP contribution in [0.25, 0.3) is 45.1 Å². The number of benzene rings is 3. The van der Waals surface area contributed by atoms with Crippen LogP contribution in [-0.2, 0) is 11.8 Å². The second-order valence-electron chi connectivity index (χ2n) is 8.89. The summed E-state index contributed by atoms with van der Waals surface area (Å²) in [5, 5.41) is 8.11. The van der Waals surface area contributed by atoms with Crippen LogP contribution in [0.5, 0.6) is 0 Å². The fourth-order valence-electron chi connectivity index (χ4n) is 4.41. The van der Waals surface area contributed by atoms with E-state index in [4.69, 9.17) is 9.15 Å². The number of hydrogen-bond donors (Lipinski definition) is 0. The van der Waals surface area contributed by atoms with Gasteiger partial charge < -0.3 is 13.7 Å². The number of hydrogen-bond acceptors (Lipinski definition) is 6. The summed E-state index contributed by atoms with van der Waals surface area (Å²) in [6.07, 6.45) is 3.69. The third-order valence-electron chi connectivity index (χ3n) is 6.36. The number of rotatable bonds is 5. The summed E-state index contributed by atoms with van der Waals surface area (Å²) in [7, 11) is 3.03. The number of aromatic nitrogens is 4. The average molecular weight is 486 g/mol. The highest BCUT2D eigenvalue weighted by molar-refractivity contribution is 5.94. The smallest absolute Gasteiger partial charge is 0.338 e. The van der Waals surface area contributed by atoms with E-state index in [2.05, 4.69) is 21.2 Å². The maximum atomic E-state index is 14.7. The van der Waals surface area contributed by atoms with Crippen molar-refractivity contribution in [3.05, 3.63) is 77.6 Å². The molecule has 0 atom stereocenters. The summed E-state index contributed by atoms with van der Waals surface area (Å²) < 4.78 is 41.2. The van der Waals surface area contributed by atoms with Crippen molar-refractivity contribution in [2.75, 3.05) is 7.11 Å². The second-order valence-corrected chi connectivity index (χ2v) is 8.89. The maximum absolute atomic E-state index is 14.7. The van der Waals surface area contributed by atoms with Gasteiger partial charge in [-0.05, 0) is 71.8 Å². The number of aryl methyl sites for hydroxylation is 1. The molecule has 3 aromatic carbocycles. The molecule has 0 N–H and O–H groups in total. The molecule has 0 spiro atoms. The Labute approximate surface area is 204 Å². The molecule has 0 saturated heterocycles. The summed E-state index contributed by atoms with van der Waals surface area (Å²) in [6.45, 7) is 0. The van der Waals surface area contributed by atoms with Gasteiger partial charge in [0.05, 0.1) is 12.7 Å². The van der Waals surface area contributed by atoms with Gasteiger partial charge in [0.15, 0.2) is 17.2 Å². The summed E-state index contributed by atoms with van der Waals surface area (Å²) in [4.78, 5) is 16.4. The van der Waals surface area contributed by atoms with Gasteiger partial charge >= 0.3 is 5.97 Å². The van der Waals surface area contributed by atoms with Gasteiger partial charge in [-0.3, -0.25) is 0 Å². The lowest BCUT2D eigenvalue weighted by molar-refractivity contribution is 0.0600. The Morgan fingerprint density at radius 2 is 1.86 bits per heavy atom. The number of carbonyl (C=O) groups is 1. The van der Waals surface area contributed by atoms with Crippen LogP contribution in [0.15, 0.2) is 59.3 Å². The molecule has 6 rings (SSSR count). The predicted molar refractivity (Wildman–Crippen MR) is 128 cm³/mol. The molecule has 1 aliphatic rings. The fraction of sp³-hybridized carbons (Fsp3) is 0.185. The zero-order valence-electron chi connectivity index (χ0n) is 19.5. The first kappa shape index (κ1) is 22.1. The van der Waals surface area contributed by atoms with E-state index in [1.165, 1.54) is 25.3 Å². The minimum absolute atomic E-state index is 0.0439. The molecular formula is C27H20F2N4O3. The number of oxazole rings is 1. The van der Waals surface area contributed by atoms with Gasteiger partial charge in [-0.15, -0.1) is 10.2 Å². The summed E-state index contributed by atoms with van der Waals surface area (Å²) in [5.74, 6) is -0.598. The molecule has 7 nitrogen and oxygen atoms in total. The minimum Gasteiger partial charge on any atom is -0.465 e. The normalized spacial score (nSPS) is 13.3. The molecular weight excluding hydrogens is 466 g/mol. The predicted octanol–water partition coefficient (Wildman–Crippen LogP) is 5.90. The Morgan fingerprint density at radius 3 is 2.58 bits per heavy atom. The van der Waals surface area contributed by atoms with Crippen LogP contribution < -0.4 is 0 Å². The molecule has 0 radical (unpaired) electrons. The topological polar surface area (TPSA) is 83.0 Å². The Balaban J connectivity index is 1.52. The van der Waals surface area contributed by atoms with E-state index >= 15 is 0 Å². The summed E-state index contributed by atoms with van der Waals surface area (Å²) in [6, 6.07) is 13.0. The number of ether oxygens (including phenoxy) is 1. The van der Waals surface area contributed by atoms with E-state index in [0.717, 1.165) is 35.6 Å². The van der Waals surface area contributed by atoms with Crippen molar-refractivity contribution in [1.82, 2.24) is 19.7 Å². The van der Waals surface area contributed by atoms with Gasteiger partial charge in [-0.25, -0.2) is 18.6 Å². The van der Waals surface area contributed by atoms with Crippen molar-refractivity contribution < 1.29 is 22.7 Å². The van der Waals surface area contributed by atoms with Crippen molar-refractivity contribution in [2.45, 2.75) is 18.8 Å². The molecule has 5 aromatic rings. The average Bonchev–Trinajstić information content (AvgIpc) is 3.50. The van der Waals surface area contributed by atoms with Crippen molar-refractivity contribution >= 4 is 17.1 Å². The molecule has 180 valence electrons. The van der Waals surface area contributed by atoms with Crippen LogP contribution in [0, 0.1) is 11.6 Å². The monoisotopic (exact) mass is 486 g/mol. The van der Waals surface area contributed by atoms with Gasteiger partial charge in [-0.2, -0.15) is 0 Å². The number of halogens is 2. The first-order chi connectivity index (χ1) is 17.4. The van der Waals surface area contributed by atoms with Crippen LogP contribution in [0.1, 0.15) is 34.7 Å². The minimum atomic E-state index is -0.701. The molecule has 0 bridgehead atoms. The van der Waals surface area contributed by atoms with E-state index in [9.17, 15) is 13.6 Å². The highest BCUT2D eigenvalue weighted by Crippen LogP contribution is 2.44. The summed E-state index contributed by atoms with van der Waals surface area (Å²) >= 11 is 0. The molecule has 1 saturated carbocycles. The summed E-state index contributed by atoms with van der Waals surface area (Å²) in [5.41, 5.74) is 4.15. The van der Waals surface area contributed by atoms with Crippen molar-refractivity contribution in [3.63, 3.8) is 0 Å². The van der Waals surface area contributed by atoms with Gasteiger partial charge in [0.1, 0.15) is 17.7 Å². The first-order valence-electron chi connectivity index (χ1n) is 11.4. The standard InChI is InChI=1S/C27H20F2N4O3/c1-33-13-30-32-25(33)21-12-19(28)5-6-20(21)16-7-15(14-3-4-14)8-17(9-16)26-31-23-11-18(27(34)35-2)10-22(29)24(23)36-26/h5-14H,3-4H2,1-2H3. The van der Waals surface area contributed by atoms with E-state index < -0.39 is 11.8 Å². The van der Waals surface area contributed by atoms with Gasteiger partial charge in [0, 0.05) is 18.2 Å². The van der Waals surface area contributed by atoms with Crippen LogP contribution in [0.3, 0.4) is 0 Å². The highest BCUT2D eigenvalue weighted by Gasteiger charge is 2.26. The number of esters is 1. The lowest BCUT2D eigenvalue weighted by Crippen LogP contribution is -2.01. The van der Waals surface area contributed by atoms with Crippen molar-refractivity contribution in [3.8, 4) is 34.0 Å². The number of carbonyl (C=O) groups excluding carboxylic acids is 1. The molecule has 0 unspecified atom stereocenters. The molecule has 2 aromatic heterocycles. The van der Waals surface area contributed by atoms with E-state index in [0.29, 0.717) is 22.9 Å². The van der Waals surface area contributed by atoms with Crippen LogP contribution in [-0.4, -0.2) is 32.8 Å². The van der Waals surface area contributed by atoms with Crippen LogP contribution in [0.2, 0.25) is 0 Å². The van der Waals surface area contributed by atoms with Gasteiger partial charge in [-0.1, -0.05) is 12.1 Å². The Morgan fingerprint density at radius 1 is 1.06 bits per heavy atom. The Hall–Kier alpha value is -4.40. The lowest BCUT2D eigenvalue weighted by atomic mass is 9.94. The second kappa shape index (κ2) is 8.37. The lowest BCUT2D eigenvalue weighted by Gasteiger charge is -2.12. The van der Waals surface area contributed by atoms with Gasteiger partial charge in [0.2, 0.25) is 5.89 Å². The fourth-order valence-corrected chi connectivity index (χ4v) is 4.41. The van der Waals surface area contributed by atoms with Crippen molar-refractivity contribution in [1.29, 1.82) is 0 Å². The molecule has 36 heavy (non-hydrogen) atoms. The molecule has 0 aliphatic heterocycles. The zero-order valence-corrected chi connectivity index (χ0v) is 19.5. The van der Waals surface area contributed by atoms with E-state index in [-0.39, 0.29) is 28.4 Å². The number of fused-ring (bicyclic) bond motifs is 1. The molecule has 0 amide bonds.